The predicted octanol–water partition coefficient (Wildman–Crippen LogP) is 3.38. The molecule has 0 aromatic heterocycles. The second-order valence-electron chi connectivity index (χ2n) is 2.91. The molecule has 0 bridgehead atoms. The van der Waals surface area contributed by atoms with Crippen molar-refractivity contribution in [1.82, 2.24) is 0 Å². The Bertz CT molecular complexity index is 267. The van der Waals surface area contributed by atoms with Crippen LogP contribution < -0.4 is 4.74 Å². The van der Waals surface area contributed by atoms with Crippen LogP contribution in [0, 0.1) is 6.92 Å². The molecule has 0 aliphatic carbocycles. The third kappa shape index (κ3) is 3.01. The van der Waals surface area contributed by atoms with Crippen LogP contribution in [0.4, 0.5) is 8.78 Å². The van der Waals surface area contributed by atoms with Gasteiger partial charge in [-0.05, 0) is 19.1 Å². The van der Waals surface area contributed by atoms with Crippen LogP contribution in [0.1, 0.15) is 18.9 Å². The average Bonchev–Trinajstić information content (AvgIpc) is 2.09. The third-order valence-electron chi connectivity index (χ3n) is 1.70. The summed E-state index contributed by atoms with van der Waals surface area (Å²) in [4.78, 5) is 0. The first-order valence-corrected chi connectivity index (χ1v) is 4.17. The zero-order chi connectivity index (χ0) is 9.90. The molecule has 0 fully saturated rings. The Labute approximate surface area is 76.3 Å². The summed E-state index contributed by atoms with van der Waals surface area (Å²) in [6.45, 7) is 3.27. The molecule has 1 rings (SSSR count). The normalized spacial score (nSPS) is 11.4. The second kappa shape index (κ2) is 3.73. The van der Waals surface area contributed by atoms with Crippen molar-refractivity contribution in [3.05, 3.63) is 29.8 Å². The van der Waals surface area contributed by atoms with Crippen molar-refractivity contribution >= 4 is 0 Å². The predicted molar refractivity (Wildman–Crippen MR) is 47.0 cm³/mol. The van der Waals surface area contributed by atoms with Crippen molar-refractivity contribution in [2.24, 2.45) is 0 Å². The molecule has 0 unspecified atom stereocenters. The highest BCUT2D eigenvalue weighted by molar-refractivity contribution is 5.26. The van der Waals surface area contributed by atoms with Gasteiger partial charge in [0.05, 0.1) is 0 Å². The average molecular weight is 186 g/mol. The van der Waals surface area contributed by atoms with E-state index in [-0.39, 0.29) is 12.2 Å². The van der Waals surface area contributed by atoms with E-state index in [0.717, 1.165) is 5.56 Å². The second-order valence-corrected chi connectivity index (χ2v) is 2.91. The van der Waals surface area contributed by atoms with Crippen molar-refractivity contribution in [2.75, 3.05) is 0 Å². The Morgan fingerprint density at radius 3 is 2.23 bits per heavy atom. The Balaban J connectivity index is 2.69. The van der Waals surface area contributed by atoms with E-state index in [2.05, 4.69) is 4.74 Å². The van der Waals surface area contributed by atoms with Gasteiger partial charge in [-0.15, -0.1) is 0 Å². The summed E-state index contributed by atoms with van der Waals surface area (Å²) >= 11 is 0. The first-order chi connectivity index (χ1) is 6.03. The highest BCUT2D eigenvalue weighted by Gasteiger charge is 2.28. The summed E-state index contributed by atoms with van der Waals surface area (Å²) in [5.41, 5.74) is 1.02. The maximum absolute atomic E-state index is 12.7. The van der Waals surface area contributed by atoms with Gasteiger partial charge in [-0.1, -0.05) is 24.6 Å². The molecule has 0 heterocycles. The molecule has 1 aromatic carbocycles. The first-order valence-electron chi connectivity index (χ1n) is 4.17. The van der Waals surface area contributed by atoms with Gasteiger partial charge in [-0.2, -0.15) is 8.78 Å². The summed E-state index contributed by atoms with van der Waals surface area (Å²) in [5, 5.41) is 0. The van der Waals surface area contributed by atoms with Crippen LogP contribution in [-0.2, 0) is 0 Å². The van der Waals surface area contributed by atoms with Gasteiger partial charge in [0.25, 0.3) is 0 Å². The molecule has 0 atom stereocenters. The molecule has 0 aliphatic rings. The van der Waals surface area contributed by atoms with Crippen molar-refractivity contribution in [3.63, 3.8) is 0 Å². The molecule has 0 aliphatic heterocycles. The minimum Gasteiger partial charge on any atom is -0.433 e. The summed E-state index contributed by atoms with van der Waals surface area (Å²) in [5.74, 6) is 0.206. The highest BCUT2D eigenvalue weighted by atomic mass is 19.3. The first kappa shape index (κ1) is 9.96. The van der Waals surface area contributed by atoms with Crippen LogP contribution in [-0.4, -0.2) is 6.11 Å². The maximum Gasteiger partial charge on any atom is 0.397 e. The van der Waals surface area contributed by atoms with E-state index in [0.29, 0.717) is 0 Å². The van der Waals surface area contributed by atoms with E-state index in [4.69, 9.17) is 0 Å². The molecule has 0 spiro atoms. The van der Waals surface area contributed by atoms with E-state index >= 15 is 0 Å². The van der Waals surface area contributed by atoms with Crippen molar-refractivity contribution < 1.29 is 13.5 Å². The molecule has 72 valence electrons. The molecule has 0 saturated carbocycles. The number of benzene rings is 1. The van der Waals surface area contributed by atoms with Crippen LogP contribution in [0.3, 0.4) is 0 Å². The number of rotatable bonds is 3. The summed E-state index contributed by atoms with van der Waals surface area (Å²) < 4.78 is 29.9. The lowest BCUT2D eigenvalue weighted by molar-refractivity contribution is -0.177. The number of aryl methyl sites for hydroxylation is 1. The summed E-state index contributed by atoms with van der Waals surface area (Å²) in [6.07, 6.45) is -3.38. The quantitative estimate of drug-likeness (QED) is 0.703. The number of alkyl halides is 2. The zero-order valence-corrected chi connectivity index (χ0v) is 7.68. The summed E-state index contributed by atoms with van der Waals surface area (Å²) in [6, 6.07) is 6.56. The number of halogens is 2. The fraction of sp³-hybridized carbons (Fsp3) is 0.400. The van der Waals surface area contributed by atoms with E-state index in [9.17, 15) is 8.78 Å². The maximum atomic E-state index is 12.7. The van der Waals surface area contributed by atoms with Crippen LogP contribution in [0.2, 0.25) is 0 Å². The fourth-order valence-corrected chi connectivity index (χ4v) is 0.851. The standard InChI is InChI=1S/C10H12F2O/c1-3-10(11,12)13-9-6-4-8(2)5-7-9/h4-7H,3H2,1-2H3. The monoisotopic (exact) mass is 186 g/mol. The molecule has 1 aromatic rings. The SMILES string of the molecule is CCC(F)(F)Oc1ccc(C)cc1. The molecular weight excluding hydrogens is 174 g/mol. The van der Waals surface area contributed by atoms with Crippen molar-refractivity contribution in [1.29, 1.82) is 0 Å². The lowest BCUT2D eigenvalue weighted by Crippen LogP contribution is -2.22. The minimum absolute atomic E-state index is 0.206. The minimum atomic E-state index is -3.06. The fourth-order valence-electron chi connectivity index (χ4n) is 0.851. The van der Waals surface area contributed by atoms with E-state index in [1.165, 1.54) is 6.92 Å². The highest BCUT2D eigenvalue weighted by Crippen LogP contribution is 2.24. The number of hydrogen-bond donors (Lipinski definition) is 0. The zero-order valence-electron chi connectivity index (χ0n) is 7.68. The molecule has 13 heavy (non-hydrogen) atoms. The Hall–Kier alpha value is -1.12. The van der Waals surface area contributed by atoms with Gasteiger partial charge in [0.2, 0.25) is 0 Å². The van der Waals surface area contributed by atoms with Gasteiger partial charge in [0.1, 0.15) is 5.75 Å². The van der Waals surface area contributed by atoms with Crippen LogP contribution >= 0.6 is 0 Å². The van der Waals surface area contributed by atoms with Gasteiger partial charge in [-0.25, -0.2) is 0 Å². The van der Waals surface area contributed by atoms with E-state index in [1.807, 2.05) is 6.92 Å². The topological polar surface area (TPSA) is 9.23 Å². The lowest BCUT2D eigenvalue weighted by Gasteiger charge is -2.15. The Kier molecular flexibility index (Phi) is 2.86. The van der Waals surface area contributed by atoms with Gasteiger partial charge in [-0.3, -0.25) is 0 Å². The Morgan fingerprint density at radius 1 is 1.23 bits per heavy atom. The van der Waals surface area contributed by atoms with Gasteiger partial charge in [0.15, 0.2) is 0 Å². The number of ether oxygens (including phenoxy) is 1. The molecule has 1 nitrogen and oxygen atoms in total. The van der Waals surface area contributed by atoms with Crippen LogP contribution in [0.5, 0.6) is 5.75 Å². The van der Waals surface area contributed by atoms with Gasteiger partial charge >= 0.3 is 6.11 Å². The van der Waals surface area contributed by atoms with Gasteiger partial charge < -0.3 is 4.74 Å². The third-order valence-corrected chi connectivity index (χ3v) is 1.70. The van der Waals surface area contributed by atoms with Gasteiger partial charge in [0, 0.05) is 6.42 Å². The molecule has 0 saturated heterocycles. The van der Waals surface area contributed by atoms with E-state index < -0.39 is 6.11 Å². The van der Waals surface area contributed by atoms with E-state index in [1.54, 1.807) is 24.3 Å². The van der Waals surface area contributed by atoms with Crippen LogP contribution in [0.25, 0.3) is 0 Å². The van der Waals surface area contributed by atoms with Crippen LogP contribution in [0.15, 0.2) is 24.3 Å². The van der Waals surface area contributed by atoms with Crippen molar-refractivity contribution in [3.8, 4) is 5.75 Å². The number of hydrogen-bond acceptors (Lipinski definition) is 1. The largest absolute Gasteiger partial charge is 0.433 e. The Morgan fingerprint density at radius 2 is 1.77 bits per heavy atom. The van der Waals surface area contributed by atoms with Crippen molar-refractivity contribution in [2.45, 2.75) is 26.4 Å². The molecule has 3 heteroatoms. The molecule has 0 radical (unpaired) electrons. The molecule has 0 N–H and O–H groups in total. The smallest absolute Gasteiger partial charge is 0.397 e. The molecule has 0 amide bonds. The summed E-state index contributed by atoms with van der Waals surface area (Å²) in [7, 11) is 0. The molecular formula is C10H12F2O. The lowest BCUT2D eigenvalue weighted by atomic mass is 10.2.